The van der Waals surface area contributed by atoms with E-state index in [1.54, 1.807) is 24.3 Å². The van der Waals surface area contributed by atoms with Crippen molar-refractivity contribution in [3.8, 4) is 5.75 Å². The van der Waals surface area contributed by atoms with Crippen LogP contribution < -0.4 is 15.8 Å². The molecule has 0 aliphatic rings. The van der Waals surface area contributed by atoms with E-state index in [4.69, 9.17) is 10.5 Å². The lowest BCUT2D eigenvalue weighted by atomic mass is 10.2. The summed E-state index contributed by atoms with van der Waals surface area (Å²) in [6.07, 6.45) is 1.41. The average molecular weight is 303 g/mol. The third kappa shape index (κ3) is 4.10. The van der Waals surface area contributed by atoms with E-state index in [2.05, 4.69) is 10.3 Å². The third-order valence-electron chi connectivity index (χ3n) is 2.73. The Bertz CT molecular complexity index is 674. The number of amides is 2. The van der Waals surface area contributed by atoms with Gasteiger partial charge in [0.25, 0.3) is 5.91 Å². The van der Waals surface area contributed by atoms with Gasteiger partial charge in [-0.25, -0.2) is 9.37 Å². The molecule has 2 amide bonds. The van der Waals surface area contributed by atoms with E-state index in [0.717, 1.165) is 5.56 Å². The molecular formula is C15H14FN3O3. The van der Waals surface area contributed by atoms with E-state index in [1.807, 2.05) is 0 Å². The van der Waals surface area contributed by atoms with Crippen LogP contribution in [-0.4, -0.2) is 23.3 Å². The van der Waals surface area contributed by atoms with Gasteiger partial charge in [0.05, 0.1) is 6.54 Å². The van der Waals surface area contributed by atoms with E-state index in [0.29, 0.717) is 0 Å². The molecular weight excluding hydrogens is 289 g/mol. The molecule has 0 unspecified atom stereocenters. The molecule has 114 valence electrons. The Labute approximate surface area is 126 Å². The lowest BCUT2D eigenvalue weighted by molar-refractivity contribution is -0.118. The summed E-state index contributed by atoms with van der Waals surface area (Å²) in [5.41, 5.74) is 5.85. The van der Waals surface area contributed by atoms with Gasteiger partial charge < -0.3 is 10.5 Å². The molecule has 3 N–H and O–H groups in total. The molecule has 0 radical (unpaired) electrons. The zero-order valence-corrected chi connectivity index (χ0v) is 11.6. The maximum absolute atomic E-state index is 12.8. The number of rotatable bonds is 5. The fraction of sp³-hybridized carbons (Fsp3) is 0.133. The molecule has 0 spiro atoms. The fourth-order valence-electron chi connectivity index (χ4n) is 1.66. The lowest BCUT2D eigenvalue weighted by Gasteiger charge is -2.10. The van der Waals surface area contributed by atoms with Crippen LogP contribution in [0.5, 0.6) is 5.75 Å². The van der Waals surface area contributed by atoms with Crippen molar-refractivity contribution in [3.05, 3.63) is 59.7 Å². The smallest absolute Gasteiger partial charge is 0.280 e. The first-order valence-corrected chi connectivity index (χ1v) is 6.46. The molecule has 7 heteroatoms. The van der Waals surface area contributed by atoms with Gasteiger partial charge in [-0.1, -0.05) is 12.1 Å². The number of imide groups is 1. The fourth-order valence-corrected chi connectivity index (χ4v) is 1.66. The highest BCUT2D eigenvalue weighted by atomic mass is 19.1. The zero-order valence-electron chi connectivity index (χ0n) is 11.6. The molecule has 0 saturated carbocycles. The second-order valence-electron chi connectivity index (χ2n) is 4.35. The number of nitrogens with zero attached hydrogens (tertiary/aromatic N) is 1. The van der Waals surface area contributed by atoms with Crippen LogP contribution in [0.4, 0.5) is 4.39 Å². The largest absolute Gasteiger partial charge is 0.486 e. The molecule has 2 rings (SSSR count). The van der Waals surface area contributed by atoms with Crippen molar-refractivity contribution in [1.29, 1.82) is 0 Å². The Morgan fingerprint density at radius 1 is 1.23 bits per heavy atom. The number of carbonyl (C=O) groups excluding carboxylic acids is 2. The number of hydrogen-bond donors (Lipinski definition) is 2. The summed E-state index contributed by atoms with van der Waals surface area (Å²) in [5.74, 6) is -1.43. The SMILES string of the molecule is NCC(=O)NC(=O)c1ncccc1OCc1ccc(F)cc1. The number of benzene rings is 1. The Morgan fingerprint density at radius 2 is 1.95 bits per heavy atom. The van der Waals surface area contributed by atoms with E-state index in [1.165, 1.54) is 18.3 Å². The minimum atomic E-state index is -0.690. The molecule has 0 fully saturated rings. The lowest BCUT2D eigenvalue weighted by Crippen LogP contribution is -2.36. The van der Waals surface area contributed by atoms with Gasteiger partial charge in [0.15, 0.2) is 11.4 Å². The summed E-state index contributed by atoms with van der Waals surface area (Å²) >= 11 is 0. The second-order valence-corrected chi connectivity index (χ2v) is 4.35. The van der Waals surface area contributed by atoms with Crippen molar-refractivity contribution in [2.45, 2.75) is 6.61 Å². The minimum Gasteiger partial charge on any atom is -0.486 e. The Morgan fingerprint density at radius 3 is 2.64 bits per heavy atom. The first-order chi connectivity index (χ1) is 10.6. The van der Waals surface area contributed by atoms with Gasteiger partial charge in [-0.15, -0.1) is 0 Å². The average Bonchev–Trinajstić information content (AvgIpc) is 2.54. The number of halogens is 1. The van der Waals surface area contributed by atoms with Crippen LogP contribution in [0.3, 0.4) is 0 Å². The molecule has 0 aliphatic carbocycles. The molecule has 22 heavy (non-hydrogen) atoms. The standard InChI is InChI=1S/C15H14FN3O3/c16-11-5-3-10(4-6-11)9-22-12-2-1-7-18-14(12)15(21)19-13(20)8-17/h1-7H,8-9,17H2,(H,19,20,21). The predicted molar refractivity (Wildman–Crippen MR) is 76.5 cm³/mol. The summed E-state index contributed by atoms with van der Waals surface area (Å²) in [4.78, 5) is 27.0. The maximum atomic E-state index is 12.8. The number of nitrogens with one attached hydrogen (secondary N) is 1. The van der Waals surface area contributed by atoms with Crippen molar-refractivity contribution >= 4 is 11.8 Å². The molecule has 6 nitrogen and oxygen atoms in total. The zero-order chi connectivity index (χ0) is 15.9. The molecule has 0 aliphatic heterocycles. The van der Waals surface area contributed by atoms with E-state index in [9.17, 15) is 14.0 Å². The van der Waals surface area contributed by atoms with E-state index >= 15 is 0 Å². The van der Waals surface area contributed by atoms with Gasteiger partial charge in [0.1, 0.15) is 12.4 Å². The van der Waals surface area contributed by atoms with Gasteiger partial charge in [-0.3, -0.25) is 14.9 Å². The minimum absolute atomic E-state index is 0.0218. The summed E-state index contributed by atoms with van der Waals surface area (Å²) in [5, 5.41) is 2.10. The molecule has 1 aromatic heterocycles. The van der Waals surface area contributed by atoms with Crippen molar-refractivity contribution in [3.63, 3.8) is 0 Å². The van der Waals surface area contributed by atoms with Gasteiger partial charge in [0.2, 0.25) is 5.91 Å². The van der Waals surface area contributed by atoms with Crippen molar-refractivity contribution in [2.24, 2.45) is 5.73 Å². The van der Waals surface area contributed by atoms with Crippen LogP contribution in [0, 0.1) is 5.82 Å². The quantitative estimate of drug-likeness (QED) is 0.860. The number of nitrogens with two attached hydrogens (primary N) is 1. The maximum Gasteiger partial charge on any atom is 0.280 e. The van der Waals surface area contributed by atoms with Gasteiger partial charge >= 0.3 is 0 Å². The topological polar surface area (TPSA) is 94.3 Å². The Balaban J connectivity index is 2.09. The molecule has 0 bridgehead atoms. The summed E-state index contributed by atoms with van der Waals surface area (Å²) in [6, 6.07) is 8.93. The molecule has 0 saturated heterocycles. The van der Waals surface area contributed by atoms with Crippen molar-refractivity contribution in [2.75, 3.05) is 6.54 Å². The summed E-state index contributed by atoms with van der Waals surface area (Å²) in [6.45, 7) is -0.165. The van der Waals surface area contributed by atoms with Crippen LogP contribution >= 0.6 is 0 Å². The molecule has 1 heterocycles. The monoisotopic (exact) mass is 303 g/mol. The molecule has 2 aromatic rings. The van der Waals surface area contributed by atoms with E-state index < -0.39 is 11.8 Å². The predicted octanol–water partition coefficient (Wildman–Crippen LogP) is 1.01. The number of hydrogen-bond acceptors (Lipinski definition) is 5. The normalized spacial score (nSPS) is 10.1. The van der Waals surface area contributed by atoms with Crippen LogP contribution in [-0.2, 0) is 11.4 Å². The van der Waals surface area contributed by atoms with Gasteiger partial charge in [0, 0.05) is 6.20 Å². The van der Waals surface area contributed by atoms with Crippen LogP contribution in [0.1, 0.15) is 16.1 Å². The first-order valence-electron chi connectivity index (χ1n) is 6.46. The Hall–Kier alpha value is -2.80. The number of aromatic nitrogens is 1. The van der Waals surface area contributed by atoms with Crippen LogP contribution in [0.15, 0.2) is 42.6 Å². The summed E-state index contributed by atoms with van der Waals surface area (Å²) < 4.78 is 18.3. The van der Waals surface area contributed by atoms with E-state index in [-0.39, 0.29) is 30.4 Å². The number of pyridine rings is 1. The van der Waals surface area contributed by atoms with Gasteiger partial charge in [-0.05, 0) is 29.8 Å². The first kappa shape index (κ1) is 15.6. The third-order valence-corrected chi connectivity index (χ3v) is 2.73. The van der Waals surface area contributed by atoms with Crippen LogP contribution in [0.25, 0.3) is 0 Å². The highest BCUT2D eigenvalue weighted by Crippen LogP contribution is 2.17. The van der Waals surface area contributed by atoms with Crippen molar-refractivity contribution < 1.29 is 18.7 Å². The highest BCUT2D eigenvalue weighted by Gasteiger charge is 2.16. The number of carbonyl (C=O) groups is 2. The molecule has 0 atom stereocenters. The number of ether oxygens (including phenoxy) is 1. The summed E-state index contributed by atoms with van der Waals surface area (Å²) in [7, 11) is 0. The highest BCUT2D eigenvalue weighted by molar-refractivity contribution is 6.05. The van der Waals surface area contributed by atoms with Crippen LogP contribution in [0.2, 0.25) is 0 Å². The Kier molecular flexibility index (Phi) is 5.16. The molecule has 1 aromatic carbocycles. The van der Waals surface area contributed by atoms with Gasteiger partial charge in [-0.2, -0.15) is 0 Å². The van der Waals surface area contributed by atoms with Crippen molar-refractivity contribution in [1.82, 2.24) is 10.3 Å². The second kappa shape index (κ2) is 7.28.